The number of aliphatic hydroxyl groups excluding tert-OH is 1. The lowest BCUT2D eigenvalue weighted by atomic mass is 9.83. The third-order valence-corrected chi connectivity index (χ3v) is 4.66. The first-order valence-corrected chi connectivity index (χ1v) is 8.42. The summed E-state index contributed by atoms with van der Waals surface area (Å²) in [6.07, 6.45) is 4.00. The molecule has 2 aromatic rings. The summed E-state index contributed by atoms with van der Waals surface area (Å²) in [6, 6.07) is 10.6. The molecule has 1 aromatic carbocycles. The molecule has 0 spiro atoms. The van der Waals surface area contributed by atoms with Gasteiger partial charge in [0.2, 0.25) is 5.88 Å². The summed E-state index contributed by atoms with van der Waals surface area (Å²) in [4.78, 5) is 9.02. The van der Waals surface area contributed by atoms with Crippen LogP contribution in [0.1, 0.15) is 48.4 Å². The van der Waals surface area contributed by atoms with Gasteiger partial charge in [0.15, 0.2) is 0 Å². The highest BCUT2D eigenvalue weighted by molar-refractivity contribution is 5.39. The molecule has 5 heteroatoms. The highest BCUT2D eigenvalue weighted by Crippen LogP contribution is 2.37. The molecular weight excluding hydrogens is 304 g/mol. The maximum atomic E-state index is 9.80. The van der Waals surface area contributed by atoms with Crippen LogP contribution in [0.3, 0.4) is 0 Å². The van der Waals surface area contributed by atoms with Gasteiger partial charge in [-0.3, -0.25) is 0 Å². The van der Waals surface area contributed by atoms with Crippen LogP contribution in [0.4, 0.5) is 0 Å². The zero-order valence-electron chi connectivity index (χ0n) is 14.2. The fourth-order valence-electron chi connectivity index (χ4n) is 3.37. The molecule has 24 heavy (non-hydrogen) atoms. The highest BCUT2D eigenvalue weighted by Gasteiger charge is 2.27. The maximum Gasteiger partial charge on any atom is 0.319 e. The summed E-state index contributed by atoms with van der Waals surface area (Å²) in [7, 11) is 3.20. The summed E-state index contributed by atoms with van der Waals surface area (Å²) < 4.78 is 10.8. The summed E-state index contributed by atoms with van der Waals surface area (Å²) in [5.41, 5.74) is 3.21. The van der Waals surface area contributed by atoms with Crippen molar-refractivity contribution in [2.24, 2.45) is 0 Å². The number of aromatic nitrogens is 2. The summed E-state index contributed by atoms with van der Waals surface area (Å²) in [6.45, 7) is 0. The first kappa shape index (κ1) is 16.7. The molecule has 1 aliphatic rings. The predicted molar refractivity (Wildman–Crippen MR) is 91.6 cm³/mol. The molecule has 1 saturated carbocycles. The molecule has 1 heterocycles. The second-order valence-electron chi connectivity index (χ2n) is 6.25. The van der Waals surface area contributed by atoms with E-state index < -0.39 is 0 Å². The minimum atomic E-state index is -0.190. The van der Waals surface area contributed by atoms with Gasteiger partial charge in [-0.1, -0.05) is 30.3 Å². The topological polar surface area (TPSA) is 64.5 Å². The lowest BCUT2D eigenvalue weighted by Crippen LogP contribution is -2.20. The Morgan fingerprint density at radius 3 is 2.33 bits per heavy atom. The molecule has 1 aliphatic carbocycles. The average molecular weight is 328 g/mol. The Kier molecular flexibility index (Phi) is 5.30. The van der Waals surface area contributed by atoms with Gasteiger partial charge >= 0.3 is 6.01 Å². The van der Waals surface area contributed by atoms with E-state index in [1.807, 2.05) is 18.2 Å². The number of aliphatic hydroxyl groups is 1. The Balaban J connectivity index is 2.00. The minimum Gasteiger partial charge on any atom is -0.481 e. The number of hydrogen-bond donors (Lipinski definition) is 1. The fraction of sp³-hybridized carbons (Fsp3) is 0.474. The van der Waals surface area contributed by atoms with E-state index in [-0.39, 0.29) is 6.10 Å². The third-order valence-electron chi connectivity index (χ3n) is 4.66. The van der Waals surface area contributed by atoms with E-state index in [9.17, 15) is 5.11 Å². The summed E-state index contributed by atoms with van der Waals surface area (Å²) in [5, 5.41) is 9.80. The molecule has 3 rings (SSSR count). The lowest BCUT2D eigenvalue weighted by molar-refractivity contribution is 0.121. The van der Waals surface area contributed by atoms with Crippen molar-refractivity contribution in [3.63, 3.8) is 0 Å². The molecule has 0 unspecified atom stereocenters. The largest absolute Gasteiger partial charge is 0.481 e. The van der Waals surface area contributed by atoms with Gasteiger partial charge in [-0.2, -0.15) is 9.97 Å². The average Bonchev–Trinajstić information content (AvgIpc) is 2.63. The van der Waals surface area contributed by atoms with Crippen molar-refractivity contribution >= 4 is 0 Å². The molecular formula is C19H24N2O3. The Labute approximate surface area is 142 Å². The summed E-state index contributed by atoms with van der Waals surface area (Å²) in [5.74, 6) is 0.879. The van der Waals surface area contributed by atoms with E-state index >= 15 is 0 Å². The molecule has 0 aliphatic heterocycles. The van der Waals surface area contributed by atoms with E-state index in [1.165, 1.54) is 5.56 Å². The van der Waals surface area contributed by atoms with Crippen molar-refractivity contribution in [1.82, 2.24) is 9.97 Å². The number of rotatable bonds is 5. The van der Waals surface area contributed by atoms with E-state index in [0.29, 0.717) is 17.8 Å². The zero-order chi connectivity index (χ0) is 16.9. The first-order chi connectivity index (χ1) is 11.7. The van der Waals surface area contributed by atoms with Crippen LogP contribution in [-0.2, 0) is 6.42 Å². The molecule has 1 fully saturated rings. The molecule has 0 saturated heterocycles. The second-order valence-corrected chi connectivity index (χ2v) is 6.25. The van der Waals surface area contributed by atoms with Gasteiger partial charge in [0, 0.05) is 17.9 Å². The van der Waals surface area contributed by atoms with E-state index in [0.717, 1.165) is 43.4 Å². The molecule has 0 radical (unpaired) electrons. The van der Waals surface area contributed by atoms with Crippen LogP contribution in [0, 0.1) is 0 Å². The molecule has 1 N–H and O–H groups in total. The summed E-state index contributed by atoms with van der Waals surface area (Å²) >= 11 is 0. The van der Waals surface area contributed by atoms with E-state index in [1.54, 1.807) is 14.2 Å². The molecule has 5 nitrogen and oxygen atoms in total. The number of nitrogens with zero attached hydrogens (tertiary/aromatic N) is 2. The number of benzene rings is 1. The van der Waals surface area contributed by atoms with Gasteiger partial charge in [-0.15, -0.1) is 0 Å². The minimum absolute atomic E-state index is 0.190. The normalized spacial score (nSPS) is 20.6. The Morgan fingerprint density at radius 1 is 1.00 bits per heavy atom. The van der Waals surface area contributed by atoms with Crippen LogP contribution < -0.4 is 9.47 Å². The lowest BCUT2D eigenvalue weighted by Gasteiger charge is -2.27. The standard InChI is InChI=1S/C19H24N2O3/c1-23-18-16(12-13-6-4-3-5-7-13)17(20-19(21-18)24-2)14-8-10-15(22)11-9-14/h3-7,14-15,22H,8-12H2,1-2H3. The van der Waals surface area contributed by atoms with Crippen molar-refractivity contribution in [2.75, 3.05) is 14.2 Å². The van der Waals surface area contributed by atoms with Crippen molar-refractivity contribution in [2.45, 2.75) is 44.1 Å². The zero-order valence-corrected chi connectivity index (χ0v) is 14.2. The van der Waals surface area contributed by atoms with Crippen LogP contribution in [-0.4, -0.2) is 35.4 Å². The number of methoxy groups -OCH3 is 2. The Morgan fingerprint density at radius 2 is 1.71 bits per heavy atom. The van der Waals surface area contributed by atoms with Gasteiger partial charge in [0.05, 0.1) is 26.0 Å². The van der Waals surface area contributed by atoms with Gasteiger partial charge < -0.3 is 14.6 Å². The van der Waals surface area contributed by atoms with Crippen LogP contribution in [0.2, 0.25) is 0 Å². The second kappa shape index (κ2) is 7.62. The molecule has 0 bridgehead atoms. The van der Waals surface area contributed by atoms with Gasteiger partial charge in [0.25, 0.3) is 0 Å². The SMILES string of the molecule is COc1nc(OC)c(Cc2ccccc2)c(C2CCC(O)CC2)n1. The first-order valence-electron chi connectivity index (χ1n) is 8.42. The molecule has 1 aromatic heterocycles. The van der Waals surface area contributed by atoms with Crippen LogP contribution in [0.5, 0.6) is 11.9 Å². The van der Waals surface area contributed by atoms with E-state index in [4.69, 9.17) is 9.47 Å². The number of ether oxygens (including phenoxy) is 2. The van der Waals surface area contributed by atoms with Crippen molar-refractivity contribution in [1.29, 1.82) is 0 Å². The van der Waals surface area contributed by atoms with Gasteiger partial charge in [0.1, 0.15) is 0 Å². The quantitative estimate of drug-likeness (QED) is 0.913. The molecule has 0 amide bonds. The van der Waals surface area contributed by atoms with Crippen LogP contribution in [0.25, 0.3) is 0 Å². The van der Waals surface area contributed by atoms with Crippen LogP contribution in [0.15, 0.2) is 30.3 Å². The Hall–Kier alpha value is -2.14. The van der Waals surface area contributed by atoms with Crippen molar-refractivity contribution < 1.29 is 14.6 Å². The van der Waals surface area contributed by atoms with Crippen molar-refractivity contribution in [3.8, 4) is 11.9 Å². The van der Waals surface area contributed by atoms with Gasteiger partial charge in [-0.05, 0) is 31.2 Å². The maximum absolute atomic E-state index is 9.80. The highest BCUT2D eigenvalue weighted by atomic mass is 16.5. The smallest absolute Gasteiger partial charge is 0.319 e. The monoisotopic (exact) mass is 328 g/mol. The van der Waals surface area contributed by atoms with E-state index in [2.05, 4.69) is 22.1 Å². The van der Waals surface area contributed by atoms with Gasteiger partial charge in [-0.25, -0.2) is 0 Å². The number of hydrogen-bond acceptors (Lipinski definition) is 5. The van der Waals surface area contributed by atoms with Crippen LogP contribution >= 0.6 is 0 Å². The molecule has 128 valence electrons. The fourth-order valence-corrected chi connectivity index (χ4v) is 3.37. The third kappa shape index (κ3) is 3.67. The predicted octanol–water partition coefficient (Wildman–Crippen LogP) is 3.10. The molecule has 0 atom stereocenters. The van der Waals surface area contributed by atoms with Crippen molar-refractivity contribution in [3.05, 3.63) is 47.2 Å². The Bertz CT molecular complexity index is 668.